The van der Waals surface area contributed by atoms with Crippen molar-refractivity contribution < 1.29 is 35.9 Å². The van der Waals surface area contributed by atoms with Gasteiger partial charge in [-0.3, -0.25) is 9.48 Å². The lowest BCUT2D eigenvalue weighted by atomic mass is 10.2. The molecule has 0 aliphatic heterocycles. The molecule has 1 aromatic heterocycles. The van der Waals surface area contributed by atoms with Crippen molar-refractivity contribution in [2.75, 3.05) is 11.9 Å². The summed E-state index contributed by atoms with van der Waals surface area (Å²) >= 11 is 0. The SMILES string of the molecule is Cn1cc(C(=O)Nc2ccccc2OCC(F)(F)F)c(C(F)(F)F)n1. The Morgan fingerprint density at radius 1 is 1.20 bits per heavy atom. The molecule has 0 unspecified atom stereocenters. The lowest BCUT2D eigenvalue weighted by Gasteiger charge is -2.14. The zero-order valence-electron chi connectivity index (χ0n) is 12.6. The molecule has 0 saturated heterocycles. The molecule has 11 heteroatoms. The molecule has 0 radical (unpaired) electrons. The number of carbonyl (C=O) groups excluding carboxylic acids is 1. The molecule has 0 saturated carbocycles. The topological polar surface area (TPSA) is 56.2 Å². The van der Waals surface area contributed by atoms with E-state index in [1.54, 1.807) is 0 Å². The van der Waals surface area contributed by atoms with Gasteiger partial charge in [0.15, 0.2) is 12.3 Å². The fourth-order valence-electron chi connectivity index (χ4n) is 1.91. The van der Waals surface area contributed by atoms with Crippen molar-refractivity contribution in [3.05, 3.63) is 41.7 Å². The number of aromatic nitrogens is 2. The molecule has 2 rings (SSSR count). The maximum atomic E-state index is 12.9. The Kier molecular flexibility index (Phi) is 4.95. The van der Waals surface area contributed by atoms with Crippen molar-refractivity contribution in [2.45, 2.75) is 12.4 Å². The van der Waals surface area contributed by atoms with Crippen LogP contribution in [0, 0.1) is 0 Å². The number of nitrogens with one attached hydrogen (secondary N) is 1. The van der Waals surface area contributed by atoms with E-state index in [2.05, 4.69) is 15.2 Å². The van der Waals surface area contributed by atoms with Crippen LogP contribution < -0.4 is 10.1 Å². The minimum absolute atomic E-state index is 0.200. The van der Waals surface area contributed by atoms with Gasteiger partial charge in [0.1, 0.15) is 5.75 Å². The normalized spacial score (nSPS) is 12.1. The minimum Gasteiger partial charge on any atom is -0.482 e. The minimum atomic E-state index is -4.86. The third kappa shape index (κ3) is 4.88. The van der Waals surface area contributed by atoms with Crippen LogP contribution in [0.15, 0.2) is 30.5 Å². The third-order valence-corrected chi connectivity index (χ3v) is 2.87. The van der Waals surface area contributed by atoms with E-state index in [0.29, 0.717) is 0 Å². The van der Waals surface area contributed by atoms with Gasteiger partial charge in [0, 0.05) is 13.2 Å². The lowest BCUT2D eigenvalue weighted by molar-refractivity contribution is -0.153. The Balaban J connectivity index is 2.25. The van der Waals surface area contributed by atoms with Crippen molar-refractivity contribution in [1.29, 1.82) is 0 Å². The van der Waals surface area contributed by atoms with E-state index in [-0.39, 0.29) is 11.4 Å². The molecule has 25 heavy (non-hydrogen) atoms. The van der Waals surface area contributed by atoms with E-state index in [1.165, 1.54) is 25.2 Å². The molecule has 0 aliphatic carbocycles. The van der Waals surface area contributed by atoms with Crippen LogP contribution in [0.25, 0.3) is 0 Å². The molecule has 0 atom stereocenters. The highest BCUT2D eigenvalue weighted by Gasteiger charge is 2.39. The molecule has 1 amide bonds. The Morgan fingerprint density at radius 3 is 2.44 bits per heavy atom. The molecule has 2 aromatic rings. The van der Waals surface area contributed by atoms with E-state index >= 15 is 0 Å². The second-order valence-corrected chi connectivity index (χ2v) is 4.92. The zero-order chi connectivity index (χ0) is 18.8. The number of rotatable bonds is 4. The average Bonchev–Trinajstić information content (AvgIpc) is 2.88. The maximum absolute atomic E-state index is 12.9. The summed E-state index contributed by atoms with van der Waals surface area (Å²) in [7, 11) is 1.20. The third-order valence-electron chi connectivity index (χ3n) is 2.87. The number of carbonyl (C=O) groups is 1. The van der Waals surface area contributed by atoms with Crippen molar-refractivity contribution in [1.82, 2.24) is 9.78 Å². The maximum Gasteiger partial charge on any atom is 0.435 e. The fourth-order valence-corrected chi connectivity index (χ4v) is 1.91. The molecule has 136 valence electrons. The number of amides is 1. The average molecular weight is 367 g/mol. The first kappa shape index (κ1) is 18.6. The number of halogens is 6. The number of hydrogen-bond acceptors (Lipinski definition) is 3. The van der Waals surface area contributed by atoms with Crippen molar-refractivity contribution in [2.24, 2.45) is 7.05 Å². The summed E-state index contributed by atoms with van der Waals surface area (Å²) in [6.07, 6.45) is -8.61. The van der Waals surface area contributed by atoms with Gasteiger partial charge in [0.05, 0.1) is 11.3 Å². The standard InChI is InChI=1S/C14H11F6N3O2/c1-23-6-8(11(22-23)14(18,19)20)12(24)21-9-4-2-3-5-10(9)25-7-13(15,16)17/h2-6H,7H2,1H3,(H,21,24). The first-order valence-electron chi connectivity index (χ1n) is 6.68. The number of para-hydroxylation sites is 2. The smallest absolute Gasteiger partial charge is 0.435 e. The van der Waals surface area contributed by atoms with Gasteiger partial charge in [-0.2, -0.15) is 31.4 Å². The van der Waals surface area contributed by atoms with Gasteiger partial charge in [0.2, 0.25) is 0 Å². The van der Waals surface area contributed by atoms with Gasteiger partial charge < -0.3 is 10.1 Å². The molecule has 0 aliphatic rings. The molecule has 5 nitrogen and oxygen atoms in total. The highest BCUT2D eigenvalue weighted by molar-refractivity contribution is 6.05. The molecule has 0 bridgehead atoms. The summed E-state index contributed by atoms with van der Waals surface area (Å²) in [5, 5.41) is 5.29. The largest absolute Gasteiger partial charge is 0.482 e. The van der Waals surface area contributed by atoms with E-state index in [1.807, 2.05) is 0 Å². The number of anilines is 1. The van der Waals surface area contributed by atoms with Crippen molar-refractivity contribution in [3.63, 3.8) is 0 Å². The molecule has 0 fully saturated rings. The van der Waals surface area contributed by atoms with Crippen LogP contribution in [0.3, 0.4) is 0 Å². The first-order chi connectivity index (χ1) is 11.5. The highest BCUT2D eigenvalue weighted by Crippen LogP contribution is 2.32. The Bertz CT molecular complexity index is 767. The van der Waals surface area contributed by atoms with Crippen LogP contribution >= 0.6 is 0 Å². The predicted molar refractivity (Wildman–Crippen MR) is 74.2 cm³/mol. The molecule has 1 aromatic carbocycles. The number of hydrogen-bond donors (Lipinski definition) is 1. The van der Waals surface area contributed by atoms with Crippen LogP contribution in [0.4, 0.5) is 32.0 Å². The summed E-state index contributed by atoms with van der Waals surface area (Å²) in [6.45, 7) is -1.61. The van der Waals surface area contributed by atoms with Crippen LogP contribution in [-0.4, -0.2) is 28.5 Å². The van der Waals surface area contributed by atoms with E-state index in [0.717, 1.165) is 16.9 Å². The van der Waals surface area contributed by atoms with Crippen LogP contribution in [0.5, 0.6) is 5.75 Å². The van der Waals surface area contributed by atoms with E-state index in [9.17, 15) is 31.1 Å². The molecule has 1 N–H and O–H groups in total. The van der Waals surface area contributed by atoms with E-state index < -0.39 is 36.1 Å². The fraction of sp³-hybridized carbons (Fsp3) is 0.286. The quantitative estimate of drug-likeness (QED) is 0.840. The summed E-state index contributed by atoms with van der Waals surface area (Å²) in [5.41, 5.74) is -2.37. The number of nitrogens with zero attached hydrogens (tertiary/aromatic N) is 2. The molecule has 1 heterocycles. The van der Waals surface area contributed by atoms with Gasteiger partial charge in [-0.1, -0.05) is 12.1 Å². The predicted octanol–water partition coefficient (Wildman–Crippen LogP) is 3.63. The van der Waals surface area contributed by atoms with Crippen LogP contribution in [0.2, 0.25) is 0 Å². The van der Waals surface area contributed by atoms with Gasteiger partial charge in [-0.05, 0) is 12.1 Å². The molecule has 0 spiro atoms. The summed E-state index contributed by atoms with van der Waals surface area (Å²) in [6, 6.07) is 5.08. The highest BCUT2D eigenvalue weighted by atomic mass is 19.4. The van der Waals surface area contributed by atoms with Crippen LogP contribution in [0.1, 0.15) is 16.1 Å². The number of alkyl halides is 6. The summed E-state index contributed by atoms with van der Waals surface area (Å²) in [5.74, 6) is -1.51. The number of benzene rings is 1. The number of aryl methyl sites for hydroxylation is 1. The van der Waals surface area contributed by atoms with Crippen molar-refractivity contribution >= 4 is 11.6 Å². The monoisotopic (exact) mass is 367 g/mol. The Hall–Kier alpha value is -2.72. The first-order valence-corrected chi connectivity index (χ1v) is 6.68. The zero-order valence-corrected chi connectivity index (χ0v) is 12.6. The van der Waals surface area contributed by atoms with Gasteiger partial charge in [0.25, 0.3) is 5.91 Å². The summed E-state index contributed by atoms with van der Waals surface area (Å²) in [4.78, 5) is 12.1. The molecular weight excluding hydrogens is 356 g/mol. The Labute approximate surface area is 137 Å². The second kappa shape index (κ2) is 6.65. The van der Waals surface area contributed by atoms with Gasteiger partial charge in [-0.15, -0.1) is 0 Å². The van der Waals surface area contributed by atoms with Gasteiger partial charge >= 0.3 is 12.4 Å². The Morgan fingerprint density at radius 2 is 1.84 bits per heavy atom. The lowest BCUT2D eigenvalue weighted by Crippen LogP contribution is -2.21. The van der Waals surface area contributed by atoms with E-state index in [4.69, 9.17) is 0 Å². The summed E-state index contributed by atoms with van der Waals surface area (Å²) < 4.78 is 80.7. The van der Waals surface area contributed by atoms with Gasteiger partial charge in [-0.25, -0.2) is 0 Å². The second-order valence-electron chi connectivity index (χ2n) is 4.92. The number of ether oxygens (including phenoxy) is 1. The van der Waals surface area contributed by atoms with Crippen molar-refractivity contribution in [3.8, 4) is 5.75 Å². The van der Waals surface area contributed by atoms with Crippen LogP contribution in [-0.2, 0) is 13.2 Å². The molecular formula is C14H11F6N3O2.